The molecule has 6 nitrogen and oxygen atoms in total. The monoisotopic (exact) mass is 441 g/mol. The lowest BCUT2D eigenvalue weighted by atomic mass is 10.0. The molecular formula is C27H23NO5. The molecule has 4 aromatic rings. The van der Waals surface area contributed by atoms with Gasteiger partial charge >= 0.3 is 0 Å². The smallest absolute Gasteiger partial charge is 0.200 e. The standard InChI is InChI=1S/C27H23NO5/c1-17-3-7-19(8-4-17)26(29)22-16-28(15-18-5-9-20(31-2)10-6-18)23-14-25-24(32-11-12-33-25)13-21(23)27(22)30/h3-10,13-14,16H,11-12,15H2,1-2H3. The van der Waals surface area contributed by atoms with Crippen LogP contribution in [-0.2, 0) is 6.54 Å². The van der Waals surface area contributed by atoms with Crippen molar-refractivity contribution in [1.82, 2.24) is 4.57 Å². The first-order valence-electron chi connectivity index (χ1n) is 10.7. The average molecular weight is 441 g/mol. The summed E-state index contributed by atoms with van der Waals surface area (Å²) in [5.74, 6) is 1.56. The molecule has 3 aromatic carbocycles. The number of carbonyl (C=O) groups excluding carboxylic acids is 1. The first kappa shape index (κ1) is 20.8. The number of ketones is 1. The summed E-state index contributed by atoms with van der Waals surface area (Å²) in [5.41, 5.74) is 3.01. The Labute approximate surface area is 191 Å². The Balaban J connectivity index is 1.68. The number of pyridine rings is 1. The highest BCUT2D eigenvalue weighted by molar-refractivity contribution is 6.10. The Hall–Kier alpha value is -4.06. The molecule has 1 aliphatic rings. The van der Waals surface area contributed by atoms with Gasteiger partial charge in [0.2, 0.25) is 5.43 Å². The van der Waals surface area contributed by atoms with E-state index >= 15 is 0 Å². The van der Waals surface area contributed by atoms with Crippen molar-refractivity contribution >= 4 is 16.7 Å². The van der Waals surface area contributed by atoms with Gasteiger partial charge in [-0.2, -0.15) is 0 Å². The van der Waals surface area contributed by atoms with E-state index in [4.69, 9.17) is 14.2 Å². The predicted octanol–water partition coefficient (Wildman–Crippen LogP) is 4.37. The van der Waals surface area contributed by atoms with Gasteiger partial charge < -0.3 is 18.8 Å². The van der Waals surface area contributed by atoms with E-state index in [1.807, 2.05) is 54.0 Å². The lowest BCUT2D eigenvalue weighted by Crippen LogP contribution is -2.21. The van der Waals surface area contributed by atoms with Crippen molar-refractivity contribution in [3.05, 3.63) is 99.3 Å². The molecule has 2 heterocycles. The molecule has 1 aliphatic heterocycles. The number of aryl methyl sites for hydroxylation is 1. The number of fused-ring (bicyclic) bond motifs is 2. The molecule has 0 saturated heterocycles. The fourth-order valence-corrected chi connectivity index (χ4v) is 4.01. The van der Waals surface area contributed by atoms with Crippen LogP contribution >= 0.6 is 0 Å². The molecule has 6 heteroatoms. The van der Waals surface area contributed by atoms with Crippen LogP contribution in [0.5, 0.6) is 17.2 Å². The van der Waals surface area contributed by atoms with E-state index in [0.29, 0.717) is 47.7 Å². The van der Waals surface area contributed by atoms with Crippen LogP contribution in [0.1, 0.15) is 27.0 Å². The molecule has 33 heavy (non-hydrogen) atoms. The van der Waals surface area contributed by atoms with E-state index < -0.39 is 0 Å². The summed E-state index contributed by atoms with van der Waals surface area (Å²) in [6.07, 6.45) is 1.65. The lowest BCUT2D eigenvalue weighted by molar-refractivity contribution is 0.103. The van der Waals surface area contributed by atoms with Crippen LogP contribution in [0.4, 0.5) is 0 Å². The molecule has 0 aliphatic carbocycles. The van der Waals surface area contributed by atoms with Gasteiger partial charge in [-0.1, -0.05) is 42.0 Å². The van der Waals surface area contributed by atoms with Crippen LogP contribution in [0.25, 0.3) is 10.9 Å². The summed E-state index contributed by atoms with van der Waals surface area (Å²) < 4.78 is 18.6. The molecule has 0 radical (unpaired) electrons. The summed E-state index contributed by atoms with van der Waals surface area (Å²) in [5, 5.41) is 0.422. The van der Waals surface area contributed by atoms with E-state index in [1.165, 1.54) is 0 Å². The van der Waals surface area contributed by atoms with Crippen molar-refractivity contribution in [2.75, 3.05) is 20.3 Å². The van der Waals surface area contributed by atoms with E-state index in [2.05, 4.69) is 0 Å². The average Bonchev–Trinajstić information content (AvgIpc) is 2.85. The second-order valence-electron chi connectivity index (χ2n) is 8.06. The zero-order chi connectivity index (χ0) is 22.9. The SMILES string of the molecule is COc1ccc(Cn2cc(C(=O)c3ccc(C)cc3)c(=O)c3cc4c(cc32)OCCO4)cc1. The lowest BCUT2D eigenvalue weighted by Gasteiger charge is -2.21. The van der Waals surface area contributed by atoms with Gasteiger partial charge in [0.15, 0.2) is 17.3 Å². The van der Waals surface area contributed by atoms with Gasteiger partial charge in [0.1, 0.15) is 19.0 Å². The van der Waals surface area contributed by atoms with E-state index in [0.717, 1.165) is 16.9 Å². The number of ether oxygens (including phenoxy) is 3. The second kappa shape index (κ2) is 8.47. The Morgan fingerprint density at radius 3 is 2.30 bits per heavy atom. The summed E-state index contributed by atoms with van der Waals surface area (Å²) in [7, 11) is 1.62. The number of nitrogens with zero attached hydrogens (tertiary/aromatic N) is 1. The predicted molar refractivity (Wildman–Crippen MR) is 126 cm³/mol. The fourth-order valence-electron chi connectivity index (χ4n) is 4.01. The number of aromatic nitrogens is 1. The highest BCUT2D eigenvalue weighted by atomic mass is 16.6. The Bertz CT molecular complexity index is 1400. The van der Waals surface area contributed by atoms with Gasteiger partial charge in [-0.3, -0.25) is 9.59 Å². The minimum Gasteiger partial charge on any atom is -0.497 e. The van der Waals surface area contributed by atoms with Crippen LogP contribution in [0.15, 0.2) is 71.7 Å². The molecule has 0 amide bonds. The summed E-state index contributed by atoms with van der Waals surface area (Å²) in [4.78, 5) is 26.8. The summed E-state index contributed by atoms with van der Waals surface area (Å²) in [6, 6.07) is 18.4. The molecular weight excluding hydrogens is 418 g/mol. The maximum atomic E-state index is 13.4. The van der Waals surface area contributed by atoms with Gasteiger partial charge in [-0.15, -0.1) is 0 Å². The molecule has 0 spiro atoms. The van der Waals surface area contributed by atoms with Crippen LogP contribution in [0.2, 0.25) is 0 Å². The quantitative estimate of drug-likeness (QED) is 0.430. The third-order valence-electron chi connectivity index (χ3n) is 5.81. The van der Waals surface area contributed by atoms with Crippen LogP contribution in [-0.4, -0.2) is 30.7 Å². The molecule has 0 atom stereocenters. The minimum atomic E-state index is -0.321. The third-order valence-corrected chi connectivity index (χ3v) is 5.81. The molecule has 5 rings (SSSR count). The fraction of sp³-hybridized carbons (Fsp3) is 0.185. The van der Waals surface area contributed by atoms with Crippen molar-refractivity contribution in [1.29, 1.82) is 0 Å². The number of hydrogen-bond donors (Lipinski definition) is 0. The highest BCUT2D eigenvalue weighted by Gasteiger charge is 2.21. The Kier molecular flexibility index (Phi) is 5.34. The van der Waals surface area contributed by atoms with Crippen molar-refractivity contribution in [2.45, 2.75) is 13.5 Å². The van der Waals surface area contributed by atoms with E-state index in [9.17, 15) is 9.59 Å². The largest absolute Gasteiger partial charge is 0.497 e. The van der Waals surface area contributed by atoms with Crippen molar-refractivity contribution in [2.24, 2.45) is 0 Å². The van der Waals surface area contributed by atoms with Crippen LogP contribution in [0, 0.1) is 6.92 Å². The third kappa shape index (κ3) is 3.96. The number of benzene rings is 3. The summed E-state index contributed by atoms with van der Waals surface area (Å²) in [6.45, 7) is 3.29. The van der Waals surface area contributed by atoms with Crippen LogP contribution < -0.4 is 19.6 Å². The van der Waals surface area contributed by atoms with Gasteiger partial charge in [0, 0.05) is 24.4 Å². The highest BCUT2D eigenvalue weighted by Crippen LogP contribution is 2.34. The topological polar surface area (TPSA) is 66.8 Å². The zero-order valence-electron chi connectivity index (χ0n) is 18.5. The van der Waals surface area contributed by atoms with Gasteiger partial charge in [0.25, 0.3) is 0 Å². The molecule has 0 unspecified atom stereocenters. The number of methoxy groups -OCH3 is 1. The maximum absolute atomic E-state index is 13.4. The number of rotatable bonds is 5. The van der Waals surface area contributed by atoms with Crippen molar-refractivity contribution < 1.29 is 19.0 Å². The molecule has 166 valence electrons. The zero-order valence-corrected chi connectivity index (χ0v) is 18.5. The molecule has 0 fully saturated rings. The van der Waals surface area contributed by atoms with Gasteiger partial charge in [-0.05, 0) is 30.7 Å². The number of hydrogen-bond acceptors (Lipinski definition) is 5. The maximum Gasteiger partial charge on any atom is 0.200 e. The van der Waals surface area contributed by atoms with E-state index in [1.54, 1.807) is 31.5 Å². The Morgan fingerprint density at radius 1 is 0.970 bits per heavy atom. The normalized spacial score (nSPS) is 12.5. The first-order valence-corrected chi connectivity index (χ1v) is 10.7. The minimum absolute atomic E-state index is 0.122. The van der Waals surface area contributed by atoms with Crippen molar-refractivity contribution in [3.8, 4) is 17.2 Å². The van der Waals surface area contributed by atoms with Crippen LogP contribution in [0.3, 0.4) is 0 Å². The Morgan fingerprint density at radius 2 is 1.64 bits per heavy atom. The second-order valence-corrected chi connectivity index (χ2v) is 8.06. The summed E-state index contributed by atoms with van der Waals surface area (Å²) >= 11 is 0. The molecule has 1 aromatic heterocycles. The van der Waals surface area contributed by atoms with Gasteiger partial charge in [0.05, 0.1) is 23.6 Å². The number of carbonyl (C=O) groups is 1. The van der Waals surface area contributed by atoms with E-state index in [-0.39, 0.29) is 16.8 Å². The molecule has 0 bridgehead atoms. The first-order chi connectivity index (χ1) is 16.0. The molecule has 0 saturated carbocycles. The molecule has 0 N–H and O–H groups in total. The van der Waals surface area contributed by atoms with Gasteiger partial charge in [-0.25, -0.2) is 0 Å². The van der Waals surface area contributed by atoms with Crippen molar-refractivity contribution in [3.63, 3.8) is 0 Å².